The molecule has 2 aromatic carbocycles. The number of nitro groups is 1. The second-order valence-corrected chi connectivity index (χ2v) is 8.71. The zero-order valence-corrected chi connectivity index (χ0v) is 17.0. The molecule has 1 saturated heterocycles. The summed E-state index contributed by atoms with van der Waals surface area (Å²) < 4.78 is 32.2. The van der Waals surface area contributed by atoms with Gasteiger partial charge in [0.2, 0.25) is 10.0 Å². The van der Waals surface area contributed by atoms with E-state index in [-0.39, 0.29) is 60.8 Å². The number of aromatic hydroxyl groups is 1. The highest BCUT2D eigenvalue weighted by Gasteiger charge is 2.32. The van der Waals surface area contributed by atoms with Gasteiger partial charge < -0.3 is 14.7 Å². The lowest BCUT2D eigenvalue weighted by molar-refractivity contribution is -0.384. The maximum absolute atomic E-state index is 12.8. The molecule has 2 aromatic rings. The predicted octanol–water partition coefficient (Wildman–Crippen LogP) is 1.52. The molecule has 1 aliphatic heterocycles. The number of nitrogens with zero attached hydrogens (tertiary/aromatic N) is 3. The summed E-state index contributed by atoms with van der Waals surface area (Å²) in [6.45, 7) is 1.92. The van der Waals surface area contributed by atoms with Gasteiger partial charge in [0.25, 0.3) is 11.6 Å². The second kappa shape index (κ2) is 8.67. The number of benzene rings is 2. The van der Waals surface area contributed by atoms with Crippen LogP contribution in [0.25, 0.3) is 0 Å². The van der Waals surface area contributed by atoms with Crippen LogP contribution in [-0.4, -0.2) is 66.3 Å². The van der Waals surface area contributed by atoms with E-state index in [9.17, 15) is 28.4 Å². The molecule has 0 unspecified atom stereocenters. The fourth-order valence-electron chi connectivity index (χ4n) is 3.07. The largest absolute Gasteiger partial charge is 0.507 e. The van der Waals surface area contributed by atoms with Gasteiger partial charge in [0.15, 0.2) is 6.61 Å². The third-order valence-electron chi connectivity index (χ3n) is 4.72. The summed E-state index contributed by atoms with van der Waals surface area (Å²) in [5.74, 6) is -0.463. The van der Waals surface area contributed by atoms with Crippen molar-refractivity contribution in [2.24, 2.45) is 0 Å². The van der Waals surface area contributed by atoms with Crippen LogP contribution < -0.4 is 4.74 Å². The molecule has 3 rings (SSSR count). The molecule has 10 nitrogen and oxygen atoms in total. The molecule has 1 heterocycles. The maximum atomic E-state index is 12.8. The van der Waals surface area contributed by atoms with Crippen molar-refractivity contribution in [2.75, 3.05) is 32.8 Å². The summed E-state index contributed by atoms with van der Waals surface area (Å²) in [5, 5.41) is 20.7. The third kappa shape index (κ3) is 4.69. The van der Waals surface area contributed by atoms with E-state index < -0.39 is 14.9 Å². The Morgan fingerprint density at radius 1 is 1.17 bits per heavy atom. The highest BCUT2D eigenvalue weighted by Crippen LogP contribution is 2.27. The average molecular weight is 435 g/mol. The molecule has 0 bridgehead atoms. The van der Waals surface area contributed by atoms with Crippen LogP contribution in [0.2, 0.25) is 0 Å². The monoisotopic (exact) mass is 435 g/mol. The second-order valence-electron chi connectivity index (χ2n) is 6.80. The number of rotatable bonds is 6. The van der Waals surface area contributed by atoms with E-state index in [1.165, 1.54) is 45.6 Å². The Hall–Kier alpha value is -3.18. The first-order valence-corrected chi connectivity index (χ1v) is 10.6. The molecule has 1 aliphatic rings. The molecular weight excluding hydrogens is 414 g/mol. The van der Waals surface area contributed by atoms with Gasteiger partial charge in [-0.2, -0.15) is 4.31 Å². The minimum atomic E-state index is -3.88. The molecule has 0 atom stereocenters. The van der Waals surface area contributed by atoms with Gasteiger partial charge in [-0.25, -0.2) is 8.42 Å². The minimum absolute atomic E-state index is 0.0816. The Bertz CT molecular complexity index is 1060. The molecule has 0 saturated carbocycles. The number of carbonyl (C=O) groups is 1. The number of non-ortho nitro benzene ring substituents is 1. The average Bonchev–Trinajstić information content (AvgIpc) is 2.74. The van der Waals surface area contributed by atoms with E-state index >= 15 is 0 Å². The van der Waals surface area contributed by atoms with Gasteiger partial charge in [-0.15, -0.1) is 0 Å². The molecule has 0 aliphatic carbocycles. The number of phenols is 1. The molecule has 0 spiro atoms. The van der Waals surface area contributed by atoms with E-state index in [1.807, 2.05) is 0 Å². The number of carbonyl (C=O) groups excluding carboxylic acids is 1. The van der Waals surface area contributed by atoms with Crippen molar-refractivity contribution in [3.63, 3.8) is 0 Å². The highest BCUT2D eigenvalue weighted by molar-refractivity contribution is 7.89. The molecule has 0 aromatic heterocycles. The van der Waals surface area contributed by atoms with Gasteiger partial charge in [0, 0.05) is 32.2 Å². The van der Waals surface area contributed by atoms with Gasteiger partial charge in [-0.05, 0) is 30.7 Å². The first-order chi connectivity index (χ1) is 14.2. The van der Waals surface area contributed by atoms with Gasteiger partial charge in [0.1, 0.15) is 16.4 Å². The maximum Gasteiger partial charge on any atom is 0.273 e. The molecule has 1 N–H and O–H groups in total. The van der Waals surface area contributed by atoms with Crippen molar-refractivity contribution in [3.05, 3.63) is 58.1 Å². The zero-order chi connectivity index (χ0) is 21.9. The summed E-state index contributed by atoms with van der Waals surface area (Å²) in [4.78, 5) is 23.9. The molecule has 1 amide bonds. The number of hydrogen-bond donors (Lipinski definition) is 1. The topological polar surface area (TPSA) is 130 Å². The number of hydrogen-bond acceptors (Lipinski definition) is 7. The van der Waals surface area contributed by atoms with E-state index in [1.54, 1.807) is 13.0 Å². The first kappa shape index (κ1) is 21.5. The van der Waals surface area contributed by atoms with Crippen molar-refractivity contribution in [3.8, 4) is 11.5 Å². The Labute approximate surface area is 173 Å². The van der Waals surface area contributed by atoms with Crippen LogP contribution in [0, 0.1) is 17.0 Å². The van der Waals surface area contributed by atoms with Crippen molar-refractivity contribution in [1.29, 1.82) is 0 Å². The number of sulfonamides is 1. The van der Waals surface area contributed by atoms with Crippen LogP contribution in [0.1, 0.15) is 5.56 Å². The van der Waals surface area contributed by atoms with Gasteiger partial charge in [-0.3, -0.25) is 14.9 Å². The smallest absolute Gasteiger partial charge is 0.273 e. The van der Waals surface area contributed by atoms with Crippen LogP contribution in [0.5, 0.6) is 11.5 Å². The molecule has 0 radical (unpaired) electrons. The lowest BCUT2D eigenvalue weighted by Gasteiger charge is -2.34. The normalized spacial score (nSPS) is 15.0. The lowest BCUT2D eigenvalue weighted by atomic mass is 10.2. The SMILES string of the molecule is Cc1ccc(O)c(S(=O)(=O)N2CCN(C(=O)COc3cccc([N+](=O)[O-])c3)CC2)c1. The van der Waals surface area contributed by atoms with Gasteiger partial charge in [-0.1, -0.05) is 12.1 Å². The Kier molecular flexibility index (Phi) is 6.22. The van der Waals surface area contributed by atoms with Crippen molar-refractivity contribution < 1.29 is 28.0 Å². The molecule has 11 heteroatoms. The fourth-order valence-corrected chi connectivity index (χ4v) is 4.66. The van der Waals surface area contributed by atoms with Crippen LogP contribution in [0.4, 0.5) is 5.69 Å². The number of nitro benzene ring substituents is 1. The van der Waals surface area contributed by atoms with Crippen LogP contribution >= 0.6 is 0 Å². The molecule has 1 fully saturated rings. The molecule has 160 valence electrons. The van der Waals surface area contributed by atoms with Crippen molar-refractivity contribution in [2.45, 2.75) is 11.8 Å². The van der Waals surface area contributed by atoms with Gasteiger partial charge >= 0.3 is 0 Å². The standard InChI is InChI=1S/C19H21N3O7S/c1-14-5-6-17(23)18(11-14)30(27,28)21-9-7-20(8-10-21)19(24)13-29-16-4-2-3-15(12-16)22(25)26/h2-6,11-12,23H,7-10,13H2,1H3. The highest BCUT2D eigenvalue weighted by atomic mass is 32.2. The number of ether oxygens (including phenoxy) is 1. The third-order valence-corrected chi connectivity index (χ3v) is 6.64. The number of aryl methyl sites for hydroxylation is 1. The number of phenolic OH excluding ortho intramolecular Hbond substituents is 1. The van der Waals surface area contributed by atoms with Crippen LogP contribution in [0.15, 0.2) is 47.4 Å². The number of piperazine rings is 1. The summed E-state index contributed by atoms with van der Waals surface area (Å²) >= 11 is 0. The van der Waals surface area contributed by atoms with Crippen molar-refractivity contribution in [1.82, 2.24) is 9.21 Å². The van der Waals surface area contributed by atoms with E-state index in [2.05, 4.69) is 0 Å². The van der Waals surface area contributed by atoms with Crippen LogP contribution in [0.3, 0.4) is 0 Å². The summed E-state index contributed by atoms with van der Waals surface area (Å²) in [6, 6.07) is 9.89. The molecule has 30 heavy (non-hydrogen) atoms. The Morgan fingerprint density at radius 3 is 2.53 bits per heavy atom. The number of amides is 1. The van der Waals surface area contributed by atoms with E-state index in [4.69, 9.17) is 4.74 Å². The van der Waals surface area contributed by atoms with Crippen LogP contribution in [-0.2, 0) is 14.8 Å². The van der Waals surface area contributed by atoms with E-state index in [0.717, 1.165) is 0 Å². The van der Waals surface area contributed by atoms with E-state index in [0.29, 0.717) is 5.56 Å². The van der Waals surface area contributed by atoms with Crippen molar-refractivity contribution >= 4 is 21.6 Å². The Morgan fingerprint density at radius 2 is 1.87 bits per heavy atom. The summed E-state index contributed by atoms with van der Waals surface area (Å²) in [6.07, 6.45) is 0. The summed E-state index contributed by atoms with van der Waals surface area (Å²) in [5.41, 5.74) is 0.566. The van der Waals surface area contributed by atoms with Gasteiger partial charge in [0.05, 0.1) is 11.0 Å². The zero-order valence-electron chi connectivity index (χ0n) is 16.2. The first-order valence-electron chi connectivity index (χ1n) is 9.13. The Balaban J connectivity index is 1.58. The predicted molar refractivity (Wildman–Crippen MR) is 107 cm³/mol. The lowest BCUT2D eigenvalue weighted by Crippen LogP contribution is -2.51. The minimum Gasteiger partial charge on any atom is -0.507 e. The quantitative estimate of drug-likeness (QED) is 0.538. The summed E-state index contributed by atoms with van der Waals surface area (Å²) in [7, 11) is -3.88. The molecular formula is C19H21N3O7S. The fraction of sp³-hybridized carbons (Fsp3) is 0.316.